The fourth-order valence-corrected chi connectivity index (χ4v) is 5.60. The Kier molecular flexibility index (Phi) is 10.2. The molecule has 0 radical (unpaired) electrons. The van der Waals surface area contributed by atoms with Gasteiger partial charge in [-0.3, -0.25) is 9.98 Å². The number of phenolic OH excluding ortho intramolecular Hbond substituents is 2. The molecule has 6 rings (SSSR count). The van der Waals surface area contributed by atoms with E-state index in [9.17, 15) is 10.2 Å². The Morgan fingerprint density at radius 2 is 0.755 bits per heavy atom. The van der Waals surface area contributed by atoms with Gasteiger partial charge in [0.25, 0.3) is 0 Å². The molecule has 0 aliphatic carbocycles. The Morgan fingerprint density at radius 1 is 0.449 bits per heavy atom. The molecule has 2 N–H and O–H groups in total. The van der Waals surface area contributed by atoms with Crippen LogP contribution in [-0.2, 0) is 0 Å². The summed E-state index contributed by atoms with van der Waals surface area (Å²) in [6, 6.07) is 51.7. The Labute approximate surface area is 288 Å². The molecule has 6 aromatic carbocycles. The monoisotopic (exact) mass is 644 g/mol. The van der Waals surface area contributed by atoms with E-state index in [-0.39, 0.29) is 16.9 Å². The maximum Gasteiger partial charge on any atom is 0.126 e. The molecule has 0 amide bonds. The van der Waals surface area contributed by atoms with Crippen LogP contribution in [0.15, 0.2) is 168 Å². The summed E-state index contributed by atoms with van der Waals surface area (Å²) in [6.45, 7) is 5.23. The van der Waals surface area contributed by atoms with E-state index < -0.39 is 0 Å². The third-order valence-corrected chi connectivity index (χ3v) is 8.10. The quantitative estimate of drug-likeness (QED) is 0.130. The minimum absolute atomic E-state index is 0.158. The third-order valence-electron chi connectivity index (χ3n) is 8.10. The van der Waals surface area contributed by atoms with Gasteiger partial charge >= 0.3 is 0 Å². The third kappa shape index (κ3) is 8.24. The van der Waals surface area contributed by atoms with Crippen LogP contribution < -0.4 is 9.80 Å². The van der Waals surface area contributed by atoms with Gasteiger partial charge in [0.1, 0.15) is 11.5 Å². The van der Waals surface area contributed by atoms with Gasteiger partial charge in [-0.15, -0.1) is 0 Å². The van der Waals surface area contributed by atoms with E-state index in [1.54, 1.807) is 24.6 Å². The van der Waals surface area contributed by atoms with Gasteiger partial charge in [-0.25, -0.2) is 0 Å². The van der Waals surface area contributed by atoms with Crippen molar-refractivity contribution in [2.75, 3.05) is 22.9 Å². The lowest BCUT2D eigenvalue weighted by Crippen LogP contribution is -2.19. The van der Waals surface area contributed by atoms with Gasteiger partial charge < -0.3 is 20.0 Å². The fourth-order valence-electron chi connectivity index (χ4n) is 5.60. The summed E-state index contributed by atoms with van der Waals surface area (Å²) in [5.41, 5.74) is 6.77. The number of aromatic hydroxyl groups is 2. The maximum atomic E-state index is 11.0. The molecule has 0 atom stereocenters. The van der Waals surface area contributed by atoms with Crippen LogP contribution in [0.1, 0.15) is 25.0 Å². The molecule has 6 aromatic rings. The molecule has 6 nitrogen and oxygen atoms in total. The lowest BCUT2D eigenvalue weighted by Gasteiger charge is -2.25. The highest BCUT2D eigenvalue weighted by Gasteiger charge is 2.18. The summed E-state index contributed by atoms with van der Waals surface area (Å²) >= 11 is 0. The van der Waals surface area contributed by atoms with E-state index in [2.05, 4.69) is 33.6 Å². The second-order valence-electron chi connectivity index (χ2n) is 12.6. The number of para-hydroxylation sites is 4. The van der Waals surface area contributed by atoms with Crippen LogP contribution in [0.2, 0.25) is 0 Å². The molecule has 0 heterocycles. The van der Waals surface area contributed by atoms with Crippen LogP contribution in [0.25, 0.3) is 0 Å². The molecule has 49 heavy (non-hydrogen) atoms. The van der Waals surface area contributed by atoms with Crippen LogP contribution in [0.3, 0.4) is 0 Å². The Bertz CT molecular complexity index is 1790. The van der Waals surface area contributed by atoms with E-state index in [0.717, 1.165) is 34.1 Å². The zero-order valence-corrected chi connectivity index (χ0v) is 27.8. The number of hydrogen-bond donors (Lipinski definition) is 2. The van der Waals surface area contributed by atoms with Gasteiger partial charge in [0.2, 0.25) is 0 Å². The van der Waals surface area contributed by atoms with Crippen LogP contribution in [0.4, 0.5) is 34.1 Å². The zero-order valence-electron chi connectivity index (χ0n) is 27.8. The minimum Gasteiger partial charge on any atom is -0.507 e. The van der Waals surface area contributed by atoms with E-state index >= 15 is 0 Å². The Hall–Kier alpha value is -6.14. The zero-order chi connectivity index (χ0) is 34.1. The second kappa shape index (κ2) is 15.2. The minimum atomic E-state index is -0.243. The van der Waals surface area contributed by atoms with Crippen molar-refractivity contribution in [1.29, 1.82) is 0 Å². The summed E-state index contributed by atoms with van der Waals surface area (Å²) in [7, 11) is 0. The number of phenols is 2. The number of benzene rings is 6. The van der Waals surface area contributed by atoms with Gasteiger partial charge in [0, 0.05) is 88.3 Å². The molecule has 0 aliphatic heterocycles. The van der Waals surface area contributed by atoms with Crippen LogP contribution in [0.5, 0.6) is 11.5 Å². The summed E-state index contributed by atoms with van der Waals surface area (Å²) < 4.78 is 0. The summed E-state index contributed by atoms with van der Waals surface area (Å²) in [6.07, 6.45) is 3.44. The first-order valence-corrected chi connectivity index (χ1v) is 16.3. The first kappa shape index (κ1) is 32.8. The molecular formula is C43H40N4O2. The van der Waals surface area contributed by atoms with Gasteiger partial charge in [0.15, 0.2) is 0 Å². The van der Waals surface area contributed by atoms with Gasteiger partial charge in [-0.2, -0.15) is 0 Å². The molecule has 0 saturated heterocycles. The van der Waals surface area contributed by atoms with Crippen molar-refractivity contribution in [2.45, 2.75) is 13.8 Å². The van der Waals surface area contributed by atoms with Crippen molar-refractivity contribution in [1.82, 2.24) is 0 Å². The maximum absolute atomic E-state index is 11.0. The first-order valence-electron chi connectivity index (χ1n) is 16.3. The SMILES string of the molecule is CC(C)(CN=Cc1ccc(N(c2ccccc2)c2ccccc2)cc1O)CN=Cc1ccc(N(c2ccccc2)c2ccccc2)cc1O. The topological polar surface area (TPSA) is 71.7 Å². The summed E-state index contributed by atoms with van der Waals surface area (Å²) in [5, 5.41) is 21.9. The van der Waals surface area contributed by atoms with Crippen molar-refractivity contribution in [2.24, 2.45) is 15.4 Å². The predicted molar refractivity (Wildman–Crippen MR) is 204 cm³/mol. The number of aliphatic imine (C=N–C) groups is 2. The fraction of sp³-hybridized carbons (Fsp3) is 0.116. The van der Waals surface area contributed by atoms with Gasteiger partial charge in [0.05, 0.1) is 0 Å². The molecule has 0 spiro atoms. The highest BCUT2D eigenvalue weighted by atomic mass is 16.3. The van der Waals surface area contributed by atoms with Crippen LogP contribution in [0, 0.1) is 5.41 Å². The molecule has 0 unspecified atom stereocenters. The van der Waals surface area contributed by atoms with E-state index in [4.69, 9.17) is 0 Å². The smallest absolute Gasteiger partial charge is 0.126 e. The second-order valence-corrected chi connectivity index (χ2v) is 12.6. The average molecular weight is 645 g/mol. The first-order chi connectivity index (χ1) is 23.9. The predicted octanol–water partition coefficient (Wildman–Crippen LogP) is 10.6. The van der Waals surface area contributed by atoms with Gasteiger partial charge in [-0.05, 0) is 72.8 Å². The van der Waals surface area contributed by atoms with E-state index in [1.165, 1.54) is 0 Å². The highest BCUT2D eigenvalue weighted by Crippen LogP contribution is 2.38. The normalized spacial score (nSPS) is 11.6. The van der Waals surface area contributed by atoms with E-state index in [1.807, 2.05) is 146 Å². The van der Waals surface area contributed by atoms with Crippen molar-refractivity contribution >= 4 is 46.6 Å². The van der Waals surface area contributed by atoms with E-state index in [0.29, 0.717) is 24.2 Å². The largest absolute Gasteiger partial charge is 0.507 e. The molecular weight excluding hydrogens is 604 g/mol. The summed E-state index contributed by atoms with van der Waals surface area (Å²) in [5.74, 6) is 0.317. The number of nitrogens with zero attached hydrogens (tertiary/aromatic N) is 4. The summed E-state index contributed by atoms with van der Waals surface area (Å²) in [4.78, 5) is 13.6. The lowest BCUT2D eigenvalue weighted by atomic mass is 9.94. The van der Waals surface area contributed by atoms with Crippen molar-refractivity contribution in [3.8, 4) is 11.5 Å². The molecule has 0 aliphatic rings. The molecule has 6 heteroatoms. The highest BCUT2D eigenvalue weighted by molar-refractivity contribution is 5.87. The number of hydrogen-bond acceptors (Lipinski definition) is 6. The van der Waals surface area contributed by atoms with Crippen molar-refractivity contribution in [3.63, 3.8) is 0 Å². The molecule has 0 aromatic heterocycles. The molecule has 244 valence electrons. The van der Waals surface area contributed by atoms with Gasteiger partial charge in [-0.1, -0.05) is 86.6 Å². The molecule has 0 bridgehead atoms. The molecule has 0 saturated carbocycles. The van der Waals surface area contributed by atoms with Crippen LogP contribution in [-0.4, -0.2) is 35.7 Å². The average Bonchev–Trinajstić information content (AvgIpc) is 3.12. The van der Waals surface area contributed by atoms with Crippen LogP contribution >= 0.6 is 0 Å². The Balaban J connectivity index is 1.11. The number of anilines is 6. The Morgan fingerprint density at radius 3 is 1.04 bits per heavy atom. The standard InChI is InChI=1S/C43H40N4O2/c1-43(2,31-44-29-33-23-25-39(27-41(33)48)46(35-15-7-3-8-16-35)36-17-9-4-10-18-36)32-45-30-34-24-26-40(28-42(34)49)47(37-19-11-5-12-20-37)38-21-13-6-14-22-38/h3-30,48-49H,31-32H2,1-2H3. The van der Waals surface area contributed by atoms with Crippen molar-refractivity contribution < 1.29 is 10.2 Å². The molecule has 0 fully saturated rings. The van der Waals surface area contributed by atoms with Crippen molar-refractivity contribution in [3.05, 3.63) is 169 Å². The number of rotatable bonds is 12. The lowest BCUT2D eigenvalue weighted by molar-refractivity contribution is 0.396.